The second-order valence-corrected chi connectivity index (χ2v) is 9.85. The summed E-state index contributed by atoms with van der Waals surface area (Å²) in [6.45, 7) is 0.718. The maximum atomic E-state index is 14.7. The number of aliphatic hydroxyl groups excluding tert-OH is 1. The van der Waals surface area contributed by atoms with Crippen LogP contribution >= 0.6 is 27.7 Å². The smallest absolute Gasteiger partial charge is 0.234 e. The molecule has 1 aliphatic carbocycles. The molecule has 4 rings (SSSR count). The third-order valence-corrected chi connectivity index (χ3v) is 8.17. The van der Waals surface area contributed by atoms with Gasteiger partial charge in [-0.15, -0.1) is 11.8 Å². The Hall–Kier alpha value is -0.890. The Morgan fingerprint density at radius 3 is 3.00 bits per heavy atom. The quantitative estimate of drug-likeness (QED) is 0.611. The first-order valence-corrected chi connectivity index (χ1v) is 11.2. The Balaban J connectivity index is 1.69. The first-order chi connectivity index (χ1) is 13.0. The molecule has 27 heavy (non-hydrogen) atoms. The molecular weight excluding hydrogens is 431 g/mol. The van der Waals surface area contributed by atoms with Crippen LogP contribution in [0.2, 0.25) is 0 Å². The van der Waals surface area contributed by atoms with Crippen LogP contribution in [0.25, 0.3) is 0 Å². The second kappa shape index (κ2) is 7.85. The zero-order valence-corrected chi connectivity index (χ0v) is 17.5. The van der Waals surface area contributed by atoms with E-state index in [0.717, 1.165) is 12.1 Å². The molecule has 0 radical (unpaired) electrons. The number of halogens is 2. The first kappa shape index (κ1) is 19.4. The highest BCUT2D eigenvalue weighted by molar-refractivity contribution is 9.09. The molecule has 4 nitrogen and oxygen atoms in total. The minimum atomic E-state index is -0.576. The summed E-state index contributed by atoms with van der Waals surface area (Å²) in [6.07, 6.45) is 2.68. The summed E-state index contributed by atoms with van der Waals surface area (Å²) < 4.78 is 14.7. The van der Waals surface area contributed by atoms with Gasteiger partial charge >= 0.3 is 0 Å². The Kier molecular flexibility index (Phi) is 5.65. The van der Waals surface area contributed by atoms with Crippen molar-refractivity contribution in [3.05, 3.63) is 46.6 Å². The molecule has 2 aliphatic heterocycles. The number of aliphatic hydroxyl groups is 1. The van der Waals surface area contributed by atoms with Crippen molar-refractivity contribution in [2.75, 3.05) is 13.6 Å². The number of allylic oxidation sites excluding steroid dienone is 1. The topological polar surface area (TPSA) is 61.4 Å². The van der Waals surface area contributed by atoms with E-state index in [1.54, 1.807) is 6.07 Å². The van der Waals surface area contributed by atoms with Crippen LogP contribution in [0.3, 0.4) is 0 Å². The highest BCUT2D eigenvalue weighted by Crippen LogP contribution is 2.51. The summed E-state index contributed by atoms with van der Waals surface area (Å²) in [6, 6.07) is 5.30. The Morgan fingerprint density at radius 1 is 1.44 bits per heavy atom. The molecule has 1 amide bonds. The number of hydrogen-bond donors (Lipinski definition) is 3. The molecule has 0 spiro atoms. The highest BCUT2D eigenvalue weighted by atomic mass is 79.9. The fourth-order valence-corrected chi connectivity index (χ4v) is 6.77. The minimum Gasteiger partial charge on any atom is -0.392 e. The van der Waals surface area contributed by atoms with Gasteiger partial charge in [0, 0.05) is 22.7 Å². The summed E-state index contributed by atoms with van der Waals surface area (Å²) in [5, 5.41) is 18.9. The number of nitrogens with one attached hydrogen (secondary N) is 2. The van der Waals surface area contributed by atoms with E-state index in [2.05, 4.69) is 32.6 Å². The molecule has 0 aromatic heterocycles. The molecule has 1 saturated heterocycles. The zero-order chi connectivity index (χ0) is 19.1. The number of thioether (sulfide) groups is 1. The van der Waals surface area contributed by atoms with Crippen molar-refractivity contribution in [2.45, 2.75) is 41.0 Å². The van der Waals surface area contributed by atoms with E-state index in [1.807, 2.05) is 24.6 Å². The number of likely N-dealkylation sites (N-methyl/N-ethyl adjacent to an activating group) is 1. The van der Waals surface area contributed by atoms with E-state index < -0.39 is 6.10 Å². The minimum absolute atomic E-state index is 0.0115. The number of amides is 1. The van der Waals surface area contributed by atoms with Crippen LogP contribution in [-0.2, 0) is 11.2 Å². The average molecular weight is 455 g/mol. The van der Waals surface area contributed by atoms with Gasteiger partial charge in [-0.3, -0.25) is 4.79 Å². The van der Waals surface area contributed by atoms with Crippen molar-refractivity contribution in [2.24, 2.45) is 11.8 Å². The molecule has 7 unspecified atom stereocenters. The van der Waals surface area contributed by atoms with E-state index in [1.165, 1.54) is 11.8 Å². The standard InChI is InChI=1S/C20H24BrFN2O2S/c1-23-6-4-10-2-3-11(8-14(10)22)16-15(25)9-13(21)18-17(16)12-5-7-27-19(12)20(26)24-18/h2-3,5,7-8,12-13,15-19,23,25H,4,6,9H2,1H3,(H,24,26). The summed E-state index contributed by atoms with van der Waals surface area (Å²) in [7, 11) is 1.85. The zero-order valence-electron chi connectivity index (χ0n) is 15.1. The first-order valence-electron chi connectivity index (χ1n) is 9.39. The third-order valence-electron chi connectivity index (χ3n) is 6.09. The molecule has 1 aromatic carbocycles. The monoisotopic (exact) mass is 454 g/mol. The maximum Gasteiger partial charge on any atom is 0.234 e. The van der Waals surface area contributed by atoms with Gasteiger partial charge in [-0.05, 0) is 55.0 Å². The molecule has 0 bridgehead atoms. The molecule has 7 atom stereocenters. The number of rotatable bonds is 4. The van der Waals surface area contributed by atoms with Crippen molar-refractivity contribution in [1.82, 2.24) is 10.6 Å². The van der Waals surface area contributed by atoms with Crippen LogP contribution in [-0.4, -0.2) is 46.8 Å². The summed E-state index contributed by atoms with van der Waals surface area (Å²) in [4.78, 5) is 12.5. The lowest BCUT2D eigenvalue weighted by molar-refractivity contribution is -0.126. The fraction of sp³-hybridized carbons (Fsp3) is 0.550. The molecule has 2 heterocycles. The average Bonchev–Trinajstić information content (AvgIpc) is 3.12. The molecule has 2 fully saturated rings. The van der Waals surface area contributed by atoms with Gasteiger partial charge in [0.1, 0.15) is 5.82 Å². The second-order valence-electron chi connectivity index (χ2n) is 7.62. The van der Waals surface area contributed by atoms with Crippen molar-refractivity contribution in [1.29, 1.82) is 0 Å². The van der Waals surface area contributed by atoms with Gasteiger partial charge in [0.25, 0.3) is 0 Å². The number of benzene rings is 1. The number of fused-ring (bicyclic) bond motifs is 3. The van der Waals surface area contributed by atoms with Crippen LogP contribution < -0.4 is 10.6 Å². The number of carbonyl (C=O) groups excluding carboxylic acids is 1. The van der Waals surface area contributed by atoms with Crippen LogP contribution in [0, 0.1) is 17.7 Å². The molecular formula is C20H24BrFN2O2S. The number of piperidine rings is 1. The van der Waals surface area contributed by atoms with Crippen molar-refractivity contribution < 1.29 is 14.3 Å². The molecule has 3 aliphatic rings. The van der Waals surface area contributed by atoms with Crippen molar-refractivity contribution in [3.8, 4) is 0 Å². The predicted molar refractivity (Wildman–Crippen MR) is 110 cm³/mol. The Labute approximate surface area is 171 Å². The van der Waals surface area contributed by atoms with Crippen molar-refractivity contribution in [3.63, 3.8) is 0 Å². The maximum absolute atomic E-state index is 14.7. The van der Waals surface area contributed by atoms with E-state index in [9.17, 15) is 14.3 Å². The normalized spacial score (nSPS) is 37.6. The SMILES string of the molecule is CNCCc1ccc(C2C(O)CC(Br)C3NC(=O)C4SC=CC4C32)cc1F. The van der Waals surface area contributed by atoms with E-state index in [4.69, 9.17) is 0 Å². The predicted octanol–water partition coefficient (Wildman–Crippen LogP) is 2.56. The number of carbonyl (C=O) groups is 1. The summed E-state index contributed by atoms with van der Waals surface area (Å²) in [5.74, 6) is -0.270. The molecule has 7 heteroatoms. The molecule has 3 N–H and O–H groups in total. The Morgan fingerprint density at radius 2 is 2.26 bits per heavy atom. The summed E-state index contributed by atoms with van der Waals surface area (Å²) in [5.41, 5.74) is 1.50. The molecule has 1 saturated carbocycles. The van der Waals surface area contributed by atoms with Crippen LogP contribution in [0.1, 0.15) is 23.5 Å². The van der Waals surface area contributed by atoms with Gasteiger partial charge in [-0.1, -0.05) is 34.1 Å². The lowest BCUT2D eigenvalue weighted by atomic mass is 9.63. The highest BCUT2D eigenvalue weighted by Gasteiger charge is 2.54. The number of hydrogen-bond acceptors (Lipinski definition) is 4. The van der Waals surface area contributed by atoms with Crippen LogP contribution in [0.4, 0.5) is 4.39 Å². The lowest BCUT2D eigenvalue weighted by Gasteiger charge is -2.50. The molecule has 146 valence electrons. The van der Waals surface area contributed by atoms with Gasteiger partial charge < -0.3 is 15.7 Å². The van der Waals surface area contributed by atoms with Crippen LogP contribution in [0.15, 0.2) is 29.7 Å². The molecule has 1 aromatic rings. The fourth-order valence-electron chi connectivity index (χ4n) is 4.81. The largest absolute Gasteiger partial charge is 0.392 e. The number of alkyl halides is 1. The van der Waals surface area contributed by atoms with Crippen LogP contribution in [0.5, 0.6) is 0 Å². The van der Waals surface area contributed by atoms with E-state index >= 15 is 0 Å². The summed E-state index contributed by atoms with van der Waals surface area (Å²) >= 11 is 5.20. The van der Waals surface area contributed by atoms with E-state index in [0.29, 0.717) is 18.4 Å². The van der Waals surface area contributed by atoms with Crippen molar-refractivity contribution >= 4 is 33.6 Å². The van der Waals surface area contributed by atoms with E-state index in [-0.39, 0.29) is 45.6 Å². The van der Waals surface area contributed by atoms with Gasteiger partial charge in [0.15, 0.2) is 0 Å². The van der Waals surface area contributed by atoms with Gasteiger partial charge in [-0.25, -0.2) is 4.39 Å². The van der Waals surface area contributed by atoms with Gasteiger partial charge in [0.05, 0.1) is 11.4 Å². The lowest BCUT2D eigenvalue weighted by Crippen LogP contribution is -2.63. The Bertz CT molecular complexity index is 761. The third kappa shape index (κ3) is 3.48. The van der Waals surface area contributed by atoms with Gasteiger partial charge in [0.2, 0.25) is 5.91 Å². The van der Waals surface area contributed by atoms with Gasteiger partial charge in [-0.2, -0.15) is 0 Å².